The van der Waals surface area contributed by atoms with Gasteiger partial charge in [0.05, 0.1) is 31.5 Å². The number of pyridine rings is 1. The van der Waals surface area contributed by atoms with Crippen LogP contribution in [0.5, 0.6) is 11.5 Å². The molecule has 1 fully saturated rings. The van der Waals surface area contributed by atoms with Crippen LogP contribution in [0.25, 0.3) is 11.1 Å². The van der Waals surface area contributed by atoms with Crippen LogP contribution in [-0.4, -0.2) is 56.9 Å². The quantitative estimate of drug-likeness (QED) is 0.540. The Morgan fingerprint density at radius 1 is 1.18 bits per heavy atom. The summed E-state index contributed by atoms with van der Waals surface area (Å²) < 4.78 is 39.7. The average Bonchev–Trinajstić information content (AvgIpc) is 2.85. The van der Waals surface area contributed by atoms with Gasteiger partial charge in [-0.3, -0.25) is 14.2 Å². The normalized spacial score (nSPS) is 16.2. The maximum absolute atomic E-state index is 13.5. The van der Waals surface area contributed by atoms with Crippen molar-refractivity contribution >= 4 is 15.7 Å². The van der Waals surface area contributed by atoms with Crippen LogP contribution in [0.4, 0.5) is 5.69 Å². The second-order valence-corrected chi connectivity index (χ2v) is 10.5. The molecule has 2 aromatic carbocycles. The highest BCUT2D eigenvalue weighted by atomic mass is 32.2. The third-order valence-electron chi connectivity index (χ3n) is 6.20. The summed E-state index contributed by atoms with van der Waals surface area (Å²) in [5.41, 5.74) is 3.61. The molecule has 2 aliphatic heterocycles. The van der Waals surface area contributed by atoms with Gasteiger partial charge in [0.1, 0.15) is 23.3 Å². The topological polar surface area (TPSA) is 95.8 Å². The maximum Gasteiger partial charge on any atom is 0.240 e. The van der Waals surface area contributed by atoms with Crippen LogP contribution in [0, 0.1) is 11.3 Å². The zero-order valence-electron chi connectivity index (χ0n) is 18.7. The molecule has 8 nitrogen and oxygen atoms in total. The summed E-state index contributed by atoms with van der Waals surface area (Å²) in [4.78, 5) is 6.41. The lowest BCUT2D eigenvalue weighted by molar-refractivity contribution is 0.175. The van der Waals surface area contributed by atoms with Crippen molar-refractivity contribution in [2.24, 2.45) is 0 Å². The van der Waals surface area contributed by atoms with E-state index < -0.39 is 15.3 Å². The molecule has 174 valence electrons. The monoisotopic (exact) mass is 476 g/mol. The first kappa shape index (κ1) is 22.2. The number of hydrogen-bond donors (Lipinski definition) is 0. The summed E-state index contributed by atoms with van der Waals surface area (Å²) in [5.74, 6) is 1.29. The molecular weight excluding hydrogens is 452 g/mol. The summed E-state index contributed by atoms with van der Waals surface area (Å²) in [6.07, 6.45) is 3.21. The Labute approximate surface area is 199 Å². The van der Waals surface area contributed by atoms with Crippen LogP contribution in [0.2, 0.25) is 0 Å². The van der Waals surface area contributed by atoms with E-state index in [0.717, 1.165) is 16.9 Å². The molecule has 1 aromatic heterocycles. The third kappa shape index (κ3) is 4.06. The molecule has 0 bridgehead atoms. The van der Waals surface area contributed by atoms with Gasteiger partial charge in [-0.15, -0.1) is 0 Å². The van der Waals surface area contributed by atoms with Crippen LogP contribution in [0.15, 0.2) is 60.9 Å². The Morgan fingerprint density at radius 3 is 2.71 bits per heavy atom. The number of hydrogen-bond acceptors (Lipinski definition) is 7. The standard InChI is InChI=1S/C25H24N4O4S/c1-32-21-4-2-3-19(11-21)15-28-16-22(17-28)34(30,31)29-9-10-33-25-23(13-27-14-24(25)29)20-7-5-18(12-26)6-8-20/h2-8,11,13-14,22H,9-10,15-17H2,1H3. The predicted octanol–water partition coefficient (Wildman–Crippen LogP) is 3.04. The largest absolute Gasteiger partial charge is 0.497 e. The van der Waals surface area contributed by atoms with Crippen LogP contribution in [0.3, 0.4) is 0 Å². The Hall–Kier alpha value is -3.61. The number of nitriles is 1. The van der Waals surface area contributed by atoms with Gasteiger partial charge in [-0.1, -0.05) is 24.3 Å². The van der Waals surface area contributed by atoms with E-state index in [1.165, 1.54) is 4.31 Å². The van der Waals surface area contributed by atoms with Crippen molar-refractivity contribution in [3.05, 3.63) is 72.1 Å². The number of methoxy groups -OCH3 is 1. The lowest BCUT2D eigenvalue weighted by atomic mass is 10.0. The van der Waals surface area contributed by atoms with E-state index >= 15 is 0 Å². The van der Waals surface area contributed by atoms with Gasteiger partial charge in [0.25, 0.3) is 0 Å². The van der Waals surface area contributed by atoms with Crippen LogP contribution >= 0.6 is 0 Å². The lowest BCUT2D eigenvalue weighted by Crippen LogP contribution is -2.58. The third-order valence-corrected chi connectivity index (χ3v) is 8.34. The molecule has 2 aliphatic rings. The number of ether oxygens (including phenoxy) is 2. The Balaban J connectivity index is 1.34. The summed E-state index contributed by atoms with van der Waals surface area (Å²) in [6, 6.07) is 17.0. The second kappa shape index (κ2) is 8.97. The van der Waals surface area contributed by atoms with Gasteiger partial charge in [-0.2, -0.15) is 5.26 Å². The molecule has 0 atom stereocenters. The number of rotatable bonds is 6. The van der Waals surface area contributed by atoms with Crippen LogP contribution in [-0.2, 0) is 16.6 Å². The van der Waals surface area contributed by atoms with Crippen molar-refractivity contribution in [2.45, 2.75) is 11.8 Å². The van der Waals surface area contributed by atoms with Crippen LogP contribution < -0.4 is 13.8 Å². The molecule has 1 saturated heterocycles. The number of anilines is 1. The molecule has 9 heteroatoms. The summed E-state index contributed by atoms with van der Waals surface area (Å²) in [5, 5.41) is 8.57. The molecule has 34 heavy (non-hydrogen) atoms. The summed E-state index contributed by atoms with van der Waals surface area (Å²) >= 11 is 0. The molecule has 0 amide bonds. The number of fused-ring (bicyclic) bond motifs is 1. The number of nitrogens with zero attached hydrogens (tertiary/aromatic N) is 4. The van der Waals surface area contributed by atoms with Crippen LogP contribution in [0.1, 0.15) is 11.1 Å². The first-order chi connectivity index (χ1) is 16.5. The number of aromatic nitrogens is 1. The Kier molecular flexibility index (Phi) is 5.86. The highest BCUT2D eigenvalue weighted by Gasteiger charge is 2.43. The number of likely N-dealkylation sites (tertiary alicyclic amines) is 1. The molecule has 3 heterocycles. The number of sulfonamides is 1. The fourth-order valence-corrected chi connectivity index (χ4v) is 6.25. The minimum Gasteiger partial charge on any atom is -0.497 e. The minimum absolute atomic E-state index is 0.250. The Bertz CT molecular complexity index is 1350. The van der Waals surface area contributed by atoms with Crippen molar-refractivity contribution < 1.29 is 17.9 Å². The minimum atomic E-state index is -3.58. The summed E-state index contributed by atoms with van der Waals surface area (Å²) in [7, 11) is -1.95. The van der Waals surface area contributed by atoms with Gasteiger partial charge in [-0.05, 0) is 35.4 Å². The van der Waals surface area contributed by atoms with Crippen molar-refractivity contribution in [3.63, 3.8) is 0 Å². The van der Waals surface area contributed by atoms with Crippen molar-refractivity contribution in [1.82, 2.24) is 9.88 Å². The molecule has 0 N–H and O–H groups in total. The van der Waals surface area contributed by atoms with Gasteiger partial charge in [0.2, 0.25) is 10.0 Å². The fourth-order valence-electron chi connectivity index (χ4n) is 4.36. The molecule has 0 radical (unpaired) electrons. The van der Waals surface area contributed by atoms with E-state index in [-0.39, 0.29) is 13.2 Å². The maximum atomic E-state index is 13.5. The molecule has 0 aliphatic carbocycles. The van der Waals surface area contributed by atoms with Crippen molar-refractivity contribution in [2.75, 3.05) is 37.7 Å². The van der Waals surface area contributed by atoms with E-state index in [4.69, 9.17) is 14.7 Å². The first-order valence-corrected chi connectivity index (χ1v) is 12.5. The highest BCUT2D eigenvalue weighted by molar-refractivity contribution is 7.93. The van der Waals surface area contributed by atoms with E-state index in [1.807, 2.05) is 36.4 Å². The van der Waals surface area contributed by atoms with Crippen molar-refractivity contribution in [3.8, 4) is 28.7 Å². The van der Waals surface area contributed by atoms with Gasteiger partial charge in [0, 0.05) is 31.4 Å². The smallest absolute Gasteiger partial charge is 0.240 e. The van der Waals surface area contributed by atoms with E-state index in [2.05, 4.69) is 16.0 Å². The highest BCUT2D eigenvalue weighted by Crippen LogP contribution is 2.42. The van der Waals surface area contributed by atoms with Gasteiger partial charge < -0.3 is 9.47 Å². The van der Waals surface area contributed by atoms with E-state index in [0.29, 0.717) is 42.2 Å². The SMILES string of the molecule is COc1cccc(CN2CC(S(=O)(=O)N3CCOc4c(-c5ccc(C#N)cc5)cncc43)C2)c1. The molecular formula is C25H24N4O4S. The lowest BCUT2D eigenvalue weighted by Gasteiger charge is -2.42. The molecule has 5 rings (SSSR count). The molecule has 0 unspecified atom stereocenters. The number of benzene rings is 2. The zero-order chi connectivity index (χ0) is 23.7. The van der Waals surface area contributed by atoms with Crippen molar-refractivity contribution in [1.29, 1.82) is 5.26 Å². The Morgan fingerprint density at radius 2 is 1.97 bits per heavy atom. The average molecular weight is 477 g/mol. The van der Waals surface area contributed by atoms with Gasteiger partial charge in [-0.25, -0.2) is 8.42 Å². The second-order valence-electron chi connectivity index (χ2n) is 8.36. The van der Waals surface area contributed by atoms with E-state index in [9.17, 15) is 8.42 Å². The summed E-state index contributed by atoms with van der Waals surface area (Å²) in [6.45, 7) is 2.12. The van der Waals surface area contributed by atoms with Gasteiger partial charge in [0.15, 0.2) is 5.75 Å². The molecule has 3 aromatic rings. The zero-order valence-corrected chi connectivity index (χ0v) is 19.5. The van der Waals surface area contributed by atoms with E-state index in [1.54, 1.807) is 31.6 Å². The molecule has 0 saturated carbocycles. The predicted molar refractivity (Wildman–Crippen MR) is 128 cm³/mol. The fraction of sp³-hybridized carbons (Fsp3) is 0.280. The molecule has 0 spiro atoms. The first-order valence-electron chi connectivity index (χ1n) is 11.0. The van der Waals surface area contributed by atoms with Gasteiger partial charge >= 0.3 is 0 Å².